The third-order valence-corrected chi connectivity index (χ3v) is 2.95. The number of hydrogen-bond acceptors (Lipinski definition) is 4. The fourth-order valence-corrected chi connectivity index (χ4v) is 2.18. The van der Waals surface area contributed by atoms with Crippen LogP contribution in [-0.2, 0) is 11.3 Å². The van der Waals surface area contributed by atoms with Crippen molar-refractivity contribution in [2.24, 2.45) is 5.73 Å². The number of primary amides is 1. The molecule has 2 aromatic rings. The van der Waals surface area contributed by atoms with E-state index >= 15 is 0 Å². The van der Waals surface area contributed by atoms with Crippen molar-refractivity contribution in [2.75, 3.05) is 13.2 Å². The van der Waals surface area contributed by atoms with Crippen LogP contribution in [-0.4, -0.2) is 28.9 Å². The third kappa shape index (κ3) is 2.87. The molecule has 0 radical (unpaired) electrons. The van der Waals surface area contributed by atoms with Crippen molar-refractivity contribution in [3.63, 3.8) is 0 Å². The van der Waals surface area contributed by atoms with Crippen LogP contribution in [0.25, 0.3) is 11.0 Å². The van der Waals surface area contributed by atoms with Crippen LogP contribution >= 0.6 is 12.2 Å². The van der Waals surface area contributed by atoms with Crippen molar-refractivity contribution < 1.29 is 14.3 Å². The number of rotatable bonds is 5. The van der Waals surface area contributed by atoms with E-state index in [0.717, 1.165) is 16.8 Å². The number of para-hydroxylation sites is 1. The Morgan fingerprint density at radius 3 is 3.00 bits per heavy atom. The van der Waals surface area contributed by atoms with Gasteiger partial charge in [0.05, 0.1) is 18.7 Å². The number of hydrogen-bond donors (Lipinski definition) is 2. The summed E-state index contributed by atoms with van der Waals surface area (Å²) in [6.45, 7) is 3.12. The zero-order chi connectivity index (χ0) is 13.8. The molecule has 7 heteroatoms. The molecule has 0 saturated heterocycles. The quantitative estimate of drug-likeness (QED) is 0.823. The normalized spacial score (nSPS) is 10.6. The molecule has 0 spiro atoms. The average Bonchev–Trinajstić information content (AvgIpc) is 2.67. The second-order valence-electron chi connectivity index (χ2n) is 3.83. The number of carbonyl (C=O) groups excluding carboxylic acids is 1. The number of H-pyrrole nitrogens is 1. The monoisotopic (exact) mass is 281 g/mol. The Labute approximate surface area is 115 Å². The maximum atomic E-state index is 10.6. The molecule has 0 aliphatic heterocycles. The molecule has 102 valence electrons. The Bertz CT molecular complexity index is 647. The van der Waals surface area contributed by atoms with E-state index < -0.39 is 6.09 Å². The highest BCUT2D eigenvalue weighted by molar-refractivity contribution is 7.71. The molecule has 2 rings (SSSR count). The van der Waals surface area contributed by atoms with Crippen molar-refractivity contribution >= 4 is 29.3 Å². The molecular weight excluding hydrogens is 266 g/mol. The molecule has 1 aromatic heterocycles. The van der Waals surface area contributed by atoms with Gasteiger partial charge in [-0.2, -0.15) is 0 Å². The summed E-state index contributed by atoms with van der Waals surface area (Å²) in [4.78, 5) is 13.7. The summed E-state index contributed by atoms with van der Waals surface area (Å²) in [5.74, 6) is 0.751. The number of imidazole rings is 1. The van der Waals surface area contributed by atoms with Gasteiger partial charge >= 0.3 is 6.09 Å². The Morgan fingerprint density at radius 1 is 1.53 bits per heavy atom. The Hall–Kier alpha value is -2.02. The van der Waals surface area contributed by atoms with E-state index in [1.807, 2.05) is 29.7 Å². The predicted molar refractivity (Wildman–Crippen MR) is 73.8 cm³/mol. The second-order valence-corrected chi connectivity index (χ2v) is 4.22. The van der Waals surface area contributed by atoms with Gasteiger partial charge in [-0.3, -0.25) is 0 Å². The first-order valence-electron chi connectivity index (χ1n) is 5.90. The molecule has 1 amide bonds. The van der Waals surface area contributed by atoms with Crippen LogP contribution in [0.2, 0.25) is 0 Å². The molecule has 1 heterocycles. The van der Waals surface area contributed by atoms with Crippen molar-refractivity contribution in [3.05, 3.63) is 23.0 Å². The lowest BCUT2D eigenvalue weighted by atomic mass is 10.3. The Kier molecular flexibility index (Phi) is 4.06. The van der Waals surface area contributed by atoms with E-state index in [-0.39, 0.29) is 6.61 Å². The smallest absolute Gasteiger partial charge is 0.404 e. The lowest BCUT2D eigenvalue weighted by molar-refractivity contribution is 0.152. The largest absolute Gasteiger partial charge is 0.492 e. The number of nitrogens with one attached hydrogen (secondary N) is 1. The van der Waals surface area contributed by atoms with E-state index in [1.165, 1.54) is 0 Å². The maximum Gasteiger partial charge on any atom is 0.404 e. The topological polar surface area (TPSA) is 82.3 Å². The highest BCUT2D eigenvalue weighted by Gasteiger charge is 2.09. The van der Waals surface area contributed by atoms with E-state index in [1.54, 1.807) is 0 Å². The number of fused-ring (bicyclic) bond motifs is 1. The fourth-order valence-electron chi connectivity index (χ4n) is 1.89. The molecule has 0 aliphatic rings. The molecule has 0 bridgehead atoms. The number of nitrogens with two attached hydrogens (primary N) is 1. The molecule has 6 nitrogen and oxygen atoms in total. The zero-order valence-corrected chi connectivity index (χ0v) is 11.3. The molecule has 0 saturated carbocycles. The average molecular weight is 281 g/mol. The molecule has 19 heavy (non-hydrogen) atoms. The zero-order valence-electron chi connectivity index (χ0n) is 10.5. The van der Waals surface area contributed by atoms with Gasteiger partial charge in [-0.15, -0.1) is 0 Å². The highest BCUT2D eigenvalue weighted by atomic mass is 32.1. The van der Waals surface area contributed by atoms with Crippen molar-refractivity contribution in [3.8, 4) is 5.75 Å². The second kappa shape index (κ2) is 5.75. The minimum Gasteiger partial charge on any atom is -0.492 e. The summed E-state index contributed by atoms with van der Waals surface area (Å²) in [6, 6.07) is 5.69. The lowest BCUT2D eigenvalue weighted by Gasteiger charge is -2.06. The molecule has 3 N–H and O–H groups in total. The van der Waals surface area contributed by atoms with Gasteiger partial charge in [0, 0.05) is 0 Å². The van der Waals surface area contributed by atoms with Crippen LogP contribution in [0.5, 0.6) is 5.75 Å². The number of aromatic nitrogens is 2. The van der Waals surface area contributed by atoms with Gasteiger partial charge in [0.15, 0.2) is 4.77 Å². The molecule has 0 aliphatic carbocycles. The van der Waals surface area contributed by atoms with Crippen molar-refractivity contribution in [1.82, 2.24) is 9.55 Å². The third-order valence-electron chi connectivity index (χ3n) is 2.63. The van der Waals surface area contributed by atoms with E-state index in [0.29, 0.717) is 17.9 Å². The van der Waals surface area contributed by atoms with Crippen LogP contribution in [0.1, 0.15) is 6.92 Å². The van der Waals surface area contributed by atoms with Crippen LogP contribution in [0.15, 0.2) is 18.2 Å². The fraction of sp³-hybridized carbons (Fsp3) is 0.333. The highest BCUT2D eigenvalue weighted by Crippen LogP contribution is 2.24. The summed E-state index contributed by atoms with van der Waals surface area (Å²) in [7, 11) is 0. The molecule has 1 aromatic carbocycles. The summed E-state index contributed by atoms with van der Waals surface area (Å²) in [5.41, 5.74) is 6.67. The number of aromatic amines is 1. The van der Waals surface area contributed by atoms with Gasteiger partial charge in [-0.05, 0) is 31.3 Å². The first kappa shape index (κ1) is 13.4. The minimum atomic E-state index is -0.790. The number of benzene rings is 1. The van der Waals surface area contributed by atoms with Crippen molar-refractivity contribution in [1.29, 1.82) is 0 Å². The van der Waals surface area contributed by atoms with Gasteiger partial charge < -0.3 is 24.8 Å². The Balaban J connectivity index is 2.34. The maximum absolute atomic E-state index is 10.6. The van der Waals surface area contributed by atoms with Crippen LogP contribution in [0, 0.1) is 4.77 Å². The van der Waals surface area contributed by atoms with E-state index in [4.69, 9.17) is 27.4 Å². The van der Waals surface area contributed by atoms with Crippen molar-refractivity contribution in [2.45, 2.75) is 13.5 Å². The number of carbonyl (C=O) groups is 1. The molecule has 0 unspecified atom stereocenters. The molecule has 0 atom stereocenters. The Morgan fingerprint density at radius 2 is 2.32 bits per heavy atom. The van der Waals surface area contributed by atoms with Crippen LogP contribution in [0.3, 0.4) is 0 Å². The van der Waals surface area contributed by atoms with E-state index in [2.05, 4.69) is 4.98 Å². The molecular formula is C12H15N3O3S. The van der Waals surface area contributed by atoms with Gasteiger partial charge in [0.1, 0.15) is 17.9 Å². The number of amides is 1. The van der Waals surface area contributed by atoms with E-state index in [9.17, 15) is 4.79 Å². The summed E-state index contributed by atoms with van der Waals surface area (Å²) < 4.78 is 12.7. The lowest BCUT2D eigenvalue weighted by Crippen LogP contribution is -2.16. The van der Waals surface area contributed by atoms with Crippen LogP contribution in [0.4, 0.5) is 4.79 Å². The summed E-state index contributed by atoms with van der Waals surface area (Å²) in [5, 5.41) is 0. The predicted octanol–water partition coefficient (Wildman–Crippen LogP) is 2.19. The SMILES string of the molecule is CCOc1cccc2c1[nH]c(=S)n2CCOC(N)=O. The van der Waals surface area contributed by atoms with Gasteiger partial charge in [-0.1, -0.05) is 6.07 Å². The molecule has 0 fully saturated rings. The summed E-state index contributed by atoms with van der Waals surface area (Å²) in [6.07, 6.45) is -0.790. The van der Waals surface area contributed by atoms with Gasteiger partial charge in [0.25, 0.3) is 0 Å². The standard InChI is InChI=1S/C12H15N3O3S/c1-2-17-9-5-3-4-8-10(9)14-12(19)15(8)6-7-18-11(13)16/h3-5H,2,6-7H2,1H3,(H2,13,16)(H,14,19). The van der Waals surface area contributed by atoms with Gasteiger partial charge in [0.2, 0.25) is 0 Å². The number of nitrogens with zero attached hydrogens (tertiary/aromatic N) is 1. The van der Waals surface area contributed by atoms with Gasteiger partial charge in [-0.25, -0.2) is 4.79 Å². The number of ether oxygens (including phenoxy) is 2. The first-order chi connectivity index (χ1) is 9.13. The first-order valence-corrected chi connectivity index (χ1v) is 6.31. The van der Waals surface area contributed by atoms with Crippen LogP contribution < -0.4 is 10.5 Å². The summed E-state index contributed by atoms with van der Waals surface area (Å²) >= 11 is 5.26. The minimum absolute atomic E-state index is 0.176.